The van der Waals surface area contributed by atoms with Crippen molar-refractivity contribution in [1.29, 1.82) is 0 Å². The van der Waals surface area contributed by atoms with Crippen LogP contribution in [0.1, 0.15) is 41.5 Å². The highest BCUT2D eigenvalue weighted by Crippen LogP contribution is 2.10. The molecule has 0 fully saturated rings. The van der Waals surface area contributed by atoms with Crippen molar-refractivity contribution in [3.63, 3.8) is 0 Å². The van der Waals surface area contributed by atoms with Gasteiger partial charge in [-0.25, -0.2) is 19.2 Å². The fourth-order valence-electron chi connectivity index (χ4n) is 1.68. The molecule has 150 valence electrons. The van der Waals surface area contributed by atoms with Crippen molar-refractivity contribution >= 4 is 24.1 Å². The van der Waals surface area contributed by atoms with Gasteiger partial charge in [0.15, 0.2) is 12.1 Å². The first kappa shape index (κ1) is 23.5. The number of nitrogens with one attached hydrogen (secondary N) is 2. The normalized spacial score (nSPS) is 13.7. The van der Waals surface area contributed by atoms with Crippen LogP contribution in [0.3, 0.4) is 0 Å². The van der Waals surface area contributed by atoms with Crippen LogP contribution in [0.4, 0.5) is 9.59 Å². The van der Waals surface area contributed by atoms with Gasteiger partial charge in [0.25, 0.3) is 0 Å². The molecule has 0 saturated heterocycles. The zero-order valence-corrected chi connectivity index (χ0v) is 16.4. The van der Waals surface area contributed by atoms with Gasteiger partial charge >= 0.3 is 24.1 Å². The van der Waals surface area contributed by atoms with Gasteiger partial charge in [0, 0.05) is 0 Å². The Balaban J connectivity index is 5.49. The van der Waals surface area contributed by atoms with Crippen LogP contribution in [0, 0.1) is 0 Å². The van der Waals surface area contributed by atoms with E-state index in [2.05, 4.69) is 20.1 Å². The van der Waals surface area contributed by atoms with Gasteiger partial charge in [-0.05, 0) is 41.5 Å². The number of amides is 2. The first-order valence-corrected chi connectivity index (χ1v) is 7.85. The van der Waals surface area contributed by atoms with Crippen LogP contribution in [0.5, 0.6) is 0 Å². The van der Waals surface area contributed by atoms with Crippen molar-refractivity contribution in [2.75, 3.05) is 14.2 Å². The Morgan fingerprint density at radius 3 is 1.12 bits per heavy atom. The molecule has 0 spiro atoms. The van der Waals surface area contributed by atoms with E-state index in [9.17, 15) is 19.2 Å². The van der Waals surface area contributed by atoms with Crippen molar-refractivity contribution in [3.05, 3.63) is 0 Å². The fraction of sp³-hybridized carbons (Fsp3) is 0.750. The maximum Gasteiger partial charge on any atom is 0.408 e. The van der Waals surface area contributed by atoms with E-state index in [0.29, 0.717) is 0 Å². The summed E-state index contributed by atoms with van der Waals surface area (Å²) in [7, 11) is 2.13. The lowest BCUT2D eigenvalue weighted by atomic mass is 10.1. The van der Waals surface area contributed by atoms with E-state index in [4.69, 9.17) is 9.47 Å². The molecule has 0 saturated carbocycles. The van der Waals surface area contributed by atoms with Crippen LogP contribution >= 0.6 is 0 Å². The molecule has 2 atom stereocenters. The number of hydrogen-bond acceptors (Lipinski definition) is 8. The first-order valence-electron chi connectivity index (χ1n) is 7.85. The summed E-state index contributed by atoms with van der Waals surface area (Å²) in [5.74, 6) is -1.97. The molecule has 0 bridgehead atoms. The summed E-state index contributed by atoms with van der Waals surface area (Å²) in [5, 5.41) is 4.40. The van der Waals surface area contributed by atoms with Crippen molar-refractivity contribution in [3.8, 4) is 0 Å². The molecule has 0 unspecified atom stereocenters. The number of carbonyl (C=O) groups excluding carboxylic acids is 4. The summed E-state index contributed by atoms with van der Waals surface area (Å²) in [5.41, 5.74) is -1.69. The maximum atomic E-state index is 12.0. The van der Waals surface area contributed by atoms with E-state index < -0.39 is 47.4 Å². The average molecular weight is 376 g/mol. The van der Waals surface area contributed by atoms with Gasteiger partial charge in [-0.2, -0.15) is 0 Å². The average Bonchev–Trinajstić information content (AvgIpc) is 2.45. The van der Waals surface area contributed by atoms with Gasteiger partial charge < -0.3 is 29.6 Å². The topological polar surface area (TPSA) is 129 Å². The highest BCUT2D eigenvalue weighted by atomic mass is 16.6. The van der Waals surface area contributed by atoms with E-state index >= 15 is 0 Å². The van der Waals surface area contributed by atoms with E-state index in [-0.39, 0.29) is 0 Å². The number of carbonyl (C=O) groups is 4. The third-order valence-corrected chi connectivity index (χ3v) is 2.59. The minimum Gasteiger partial charge on any atom is -0.467 e. The second-order valence-corrected chi connectivity index (χ2v) is 7.29. The molecule has 0 rings (SSSR count). The Morgan fingerprint density at radius 2 is 0.923 bits per heavy atom. The van der Waals surface area contributed by atoms with Gasteiger partial charge in [0.2, 0.25) is 0 Å². The number of ether oxygens (including phenoxy) is 4. The standard InChI is InChI=1S/C16H28N2O8/c1-15(2,3)25-13(21)17-9(11(19)23-7)10(12(20)24-8)18-14(22)26-16(4,5)6/h9-10H,1-8H3,(H,17,21)(H,18,22)/t9-,10+. The molecule has 2 N–H and O–H groups in total. The largest absolute Gasteiger partial charge is 0.467 e. The van der Waals surface area contributed by atoms with Gasteiger partial charge in [-0.15, -0.1) is 0 Å². The lowest BCUT2D eigenvalue weighted by Gasteiger charge is -2.28. The number of rotatable bonds is 5. The molecule has 10 heteroatoms. The Kier molecular flexibility index (Phi) is 8.36. The van der Waals surface area contributed by atoms with Gasteiger partial charge in [0.05, 0.1) is 14.2 Å². The monoisotopic (exact) mass is 376 g/mol. The zero-order valence-electron chi connectivity index (χ0n) is 16.4. The fourth-order valence-corrected chi connectivity index (χ4v) is 1.68. The maximum absolute atomic E-state index is 12.0. The lowest BCUT2D eigenvalue weighted by Crippen LogP contribution is -2.60. The molecule has 0 radical (unpaired) electrons. The molecule has 2 amide bonds. The van der Waals surface area contributed by atoms with E-state index in [1.165, 1.54) is 0 Å². The zero-order chi connectivity index (χ0) is 20.7. The number of esters is 2. The number of alkyl carbamates (subject to hydrolysis) is 2. The van der Waals surface area contributed by atoms with E-state index in [1.54, 1.807) is 41.5 Å². The molecule has 0 aromatic heterocycles. The highest BCUT2D eigenvalue weighted by molar-refractivity contribution is 5.92. The summed E-state index contributed by atoms with van der Waals surface area (Å²) in [6.45, 7) is 9.73. The molecular formula is C16H28N2O8. The predicted molar refractivity (Wildman–Crippen MR) is 90.3 cm³/mol. The Bertz CT molecular complexity index is 485. The van der Waals surface area contributed by atoms with Gasteiger partial charge in [-0.1, -0.05) is 0 Å². The summed E-state index contributed by atoms with van der Waals surface area (Å²) in [4.78, 5) is 48.1. The molecule has 0 aliphatic heterocycles. The molecule has 0 aliphatic rings. The molecule has 0 aromatic rings. The van der Waals surface area contributed by atoms with Crippen molar-refractivity contribution in [2.24, 2.45) is 0 Å². The van der Waals surface area contributed by atoms with Gasteiger partial charge in [0.1, 0.15) is 11.2 Å². The molecule has 0 heterocycles. The molecule has 0 aromatic carbocycles. The third-order valence-electron chi connectivity index (χ3n) is 2.59. The van der Waals surface area contributed by atoms with Crippen molar-refractivity contribution in [2.45, 2.75) is 64.8 Å². The second kappa shape index (κ2) is 9.25. The van der Waals surface area contributed by atoms with Crippen LogP contribution in [-0.4, -0.2) is 61.6 Å². The van der Waals surface area contributed by atoms with Crippen LogP contribution in [-0.2, 0) is 28.5 Å². The number of methoxy groups -OCH3 is 2. The quantitative estimate of drug-likeness (QED) is 0.539. The predicted octanol–water partition coefficient (Wildman–Crippen LogP) is 1.12. The van der Waals surface area contributed by atoms with E-state index in [1.807, 2.05) is 0 Å². The minimum atomic E-state index is -1.59. The minimum absolute atomic E-state index is 0.843. The van der Waals surface area contributed by atoms with Crippen molar-refractivity contribution in [1.82, 2.24) is 10.6 Å². The summed E-state index contributed by atoms with van der Waals surface area (Å²) >= 11 is 0. The molecule has 0 aliphatic carbocycles. The smallest absolute Gasteiger partial charge is 0.408 e. The van der Waals surface area contributed by atoms with Crippen LogP contribution in [0.2, 0.25) is 0 Å². The lowest BCUT2D eigenvalue weighted by molar-refractivity contribution is -0.152. The van der Waals surface area contributed by atoms with Gasteiger partial charge in [-0.3, -0.25) is 0 Å². The molecular weight excluding hydrogens is 348 g/mol. The third kappa shape index (κ3) is 9.09. The summed E-state index contributed by atoms with van der Waals surface area (Å²) in [6.07, 6.45) is -1.96. The Morgan fingerprint density at radius 1 is 0.654 bits per heavy atom. The van der Waals surface area contributed by atoms with Crippen LogP contribution in [0.15, 0.2) is 0 Å². The Labute approximate surface area is 152 Å². The molecule has 26 heavy (non-hydrogen) atoms. The van der Waals surface area contributed by atoms with Crippen LogP contribution < -0.4 is 10.6 Å². The summed E-state index contributed by atoms with van der Waals surface area (Å²) < 4.78 is 19.3. The molecule has 10 nitrogen and oxygen atoms in total. The number of hydrogen-bond donors (Lipinski definition) is 2. The van der Waals surface area contributed by atoms with Crippen LogP contribution in [0.25, 0.3) is 0 Å². The highest BCUT2D eigenvalue weighted by Gasteiger charge is 2.39. The van der Waals surface area contributed by atoms with E-state index in [0.717, 1.165) is 14.2 Å². The Hall–Kier alpha value is -2.52. The summed E-state index contributed by atoms with van der Waals surface area (Å²) in [6, 6.07) is -3.18. The second-order valence-electron chi connectivity index (χ2n) is 7.29. The SMILES string of the molecule is COC(=O)[C@@H](NC(=O)OC(C)(C)C)[C@@H](NC(=O)OC(C)(C)C)C(=O)OC. The van der Waals surface area contributed by atoms with Crippen molar-refractivity contribution < 1.29 is 38.1 Å². The first-order chi connectivity index (χ1) is 11.7.